The third kappa shape index (κ3) is 3.16. The first-order valence-electron chi connectivity index (χ1n) is 10.7. The number of halogens is 1. The Balaban J connectivity index is 1.55. The highest BCUT2D eigenvalue weighted by atomic mass is 79.9. The Morgan fingerprint density at radius 3 is 1.31 bits per heavy atom. The molecule has 2 heteroatoms. The summed E-state index contributed by atoms with van der Waals surface area (Å²) < 4.78 is 1.09. The van der Waals surface area contributed by atoms with E-state index < -0.39 is 0 Å². The molecule has 1 nitrogen and oxygen atoms in total. The average Bonchev–Trinajstić information content (AvgIpc) is 2.98. The van der Waals surface area contributed by atoms with Crippen LogP contribution in [0, 0.1) is 0 Å². The molecule has 32 heavy (non-hydrogen) atoms. The van der Waals surface area contributed by atoms with Crippen LogP contribution in [-0.2, 0) is 0 Å². The lowest BCUT2D eigenvalue weighted by atomic mass is 9.95. The van der Waals surface area contributed by atoms with Gasteiger partial charge in [0.25, 0.3) is 0 Å². The summed E-state index contributed by atoms with van der Waals surface area (Å²) >= 11 is 3.53. The molecule has 0 aromatic heterocycles. The summed E-state index contributed by atoms with van der Waals surface area (Å²) in [5.41, 5.74) is 11.0. The highest BCUT2D eigenvalue weighted by molar-refractivity contribution is 9.10. The van der Waals surface area contributed by atoms with Gasteiger partial charge in [0.1, 0.15) is 0 Å². The number of nitrogens with zero attached hydrogens (tertiary/aromatic N) is 1. The number of rotatable bonds is 2. The maximum atomic E-state index is 3.53. The monoisotopic (exact) mass is 473 g/mol. The topological polar surface area (TPSA) is 3.24 Å². The number of hydrogen-bond acceptors (Lipinski definition) is 1. The van der Waals surface area contributed by atoms with Gasteiger partial charge in [0.2, 0.25) is 0 Å². The highest BCUT2D eigenvalue weighted by Crippen LogP contribution is 2.50. The van der Waals surface area contributed by atoms with E-state index in [9.17, 15) is 0 Å². The Labute approximate surface area is 196 Å². The van der Waals surface area contributed by atoms with Gasteiger partial charge in [-0.1, -0.05) is 101 Å². The Kier molecular flexibility index (Phi) is 4.66. The lowest BCUT2D eigenvalue weighted by Crippen LogP contribution is -2.10. The second-order valence-electron chi connectivity index (χ2n) is 7.97. The fraction of sp³-hybridized carbons (Fsp3) is 0. The van der Waals surface area contributed by atoms with Crippen LogP contribution >= 0.6 is 15.9 Å². The molecule has 6 rings (SSSR count). The van der Waals surface area contributed by atoms with E-state index in [2.05, 4.69) is 142 Å². The van der Waals surface area contributed by atoms with Crippen molar-refractivity contribution in [2.24, 2.45) is 0 Å². The number of para-hydroxylation sites is 2. The van der Waals surface area contributed by atoms with Crippen molar-refractivity contribution in [2.75, 3.05) is 4.90 Å². The molecule has 5 aromatic carbocycles. The second-order valence-corrected chi connectivity index (χ2v) is 8.88. The third-order valence-corrected chi connectivity index (χ3v) is 6.63. The number of hydrogen-bond donors (Lipinski definition) is 0. The minimum Gasteiger partial charge on any atom is -0.309 e. The van der Waals surface area contributed by atoms with E-state index in [0.29, 0.717) is 0 Å². The molecule has 0 atom stereocenters. The van der Waals surface area contributed by atoms with Gasteiger partial charge in [-0.15, -0.1) is 0 Å². The molecule has 0 unspecified atom stereocenters. The van der Waals surface area contributed by atoms with Crippen LogP contribution in [-0.4, -0.2) is 0 Å². The van der Waals surface area contributed by atoms with E-state index in [1.54, 1.807) is 0 Å². The van der Waals surface area contributed by atoms with E-state index in [0.717, 1.165) is 10.2 Å². The van der Waals surface area contributed by atoms with Gasteiger partial charge in [-0.2, -0.15) is 0 Å². The Bertz CT molecular complexity index is 1350. The summed E-state index contributed by atoms with van der Waals surface area (Å²) in [4.78, 5) is 2.38. The summed E-state index contributed by atoms with van der Waals surface area (Å²) in [5.74, 6) is 0. The minimum atomic E-state index is 1.09. The van der Waals surface area contributed by atoms with Crippen molar-refractivity contribution in [3.05, 3.63) is 126 Å². The first-order valence-corrected chi connectivity index (χ1v) is 11.5. The second kappa shape index (κ2) is 7.81. The van der Waals surface area contributed by atoms with E-state index in [1.807, 2.05) is 0 Å². The van der Waals surface area contributed by atoms with Gasteiger partial charge in [0, 0.05) is 21.3 Å². The molecule has 1 aliphatic heterocycles. The van der Waals surface area contributed by atoms with Crippen molar-refractivity contribution < 1.29 is 0 Å². The Morgan fingerprint density at radius 2 is 0.812 bits per heavy atom. The van der Waals surface area contributed by atoms with Crippen molar-refractivity contribution in [1.29, 1.82) is 0 Å². The summed E-state index contributed by atoms with van der Waals surface area (Å²) in [6, 6.07) is 43.4. The molecule has 1 aliphatic rings. The first-order chi connectivity index (χ1) is 15.8. The quantitative estimate of drug-likeness (QED) is 0.242. The molecule has 152 valence electrons. The summed E-state index contributed by atoms with van der Waals surface area (Å²) in [6.07, 6.45) is 0. The maximum absolute atomic E-state index is 3.53. The molecule has 0 amide bonds. The molecule has 1 heterocycles. The van der Waals surface area contributed by atoms with Gasteiger partial charge in [-0.3, -0.25) is 0 Å². The predicted molar refractivity (Wildman–Crippen MR) is 139 cm³/mol. The van der Waals surface area contributed by atoms with Gasteiger partial charge in [0.15, 0.2) is 0 Å². The molecule has 0 spiro atoms. The molecule has 0 bridgehead atoms. The van der Waals surface area contributed by atoms with Crippen LogP contribution < -0.4 is 4.90 Å². The predicted octanol–water partition coefficient (Wildman–Crippen LogP) is 9.23. The van der Waals surface area contributed by atoms with Crippen LogP contribution in [0.1, 0.15) is 0 Å². The molecule has 0 aliphatic carbocycles. The zero-order valence-corrected chi connectivity index (χ0v) is 19.0. The molecule has 0 saturated heterocycles. The number of anilines is 3. The van der Waals surface area contributed by atoms with Crippen LogP contribution in [0.4, 0.5) is 17.1 Å². The normalized spacial score (nSPS) is 11.8. The molecule has 0 radical (unpaired) electrons. The standard InChI is InChI=1S/C30H20BrN/c31-23-17-13-21(14-18-23)22-15-19-24(20-16-22)32-29-11-5-3-9-27(29)25-7-1-2-8-26(25)28-10-4-6-12-30(28)32/h1-20H. The lowest BCUT2D eigenvalue weighted by Gasteiger charge is -2.27. The molecule has 0 saturated carbocycles. The van der Waals surface area contributed by atoms with Crippen LogP contribution in [0.3, 0.4) is 0 Å². The first kappa shape index (κ1) is 19.1. The third-order valence-electron chi connectivity index (χ3n) is 6.10. The Morgan fingerprint density at radius 1 is 0.406 bits per heavy atom. The van der Waals surface area contributed by atoms with E-state index in [-0.39, 0.29) is 0 Å². The van der Waals surface area contributed by atoms with Crippen LogP contribution in [0.5, 0.6) is 0 Å². The van der Waals surface area contributed by atoms with Gasteiger partial charge in [-0.05, 0) is 58.7 Å². The van der Waals surface area contributed by atoms with Crippen molar-refractivity contribution >= 4 is 33.0 Å². The highest BCUT2D eigenvalue weighted by Gasteiger charge is 2.25. The summed E-state index contributed by atoms with van der Waals surface area (Å²) in [7, 11) is 0. The lowest BCUT2D eigenvalue weighted by molar-refractivity contribution is 1.29. The smallest absolute Gasteiger partial charge is 0.0540 e. The zero-order valence-electron chi connectivity index (χ0n) is 17.4. The number of benzene rings is 5. The average molecular weight is 474 g/mol. The van der Waals surface area contributed by atoms with E-state index in [4.69, 9.17) is 0 Å². The minimum absolute atomic E-state index is 1.09. The largest absolute Gasteiger partial charge is 0.309 e. The van der Waals surface area contributed by atoms with E-state index in [1.165, 1.54) is 44.8 Å². The molecule has 5 aromatic rings. The van der Waals surface area contributed by atoms with Gasteiger partial charge < -0.3 is 4.90 Å². The summed E-state index contributed by atoms with van der Waals surface area (Å²) in [6.45, 7) is 0. The fourth-order valence-electron chi connectivity index (χ4n) is 4.60. The molecule has 0 fully saturated rings. The van der Waals surface area contributed by atoms with Crippen molar-refractivity contribution in [1.82, 2.24) is 0 Å². The van der Waals surface area contributed by atoms with Gasteiger partial charge in [0.05, 0.1) is 11.4 Å². The SMILES string of the molecule is Brc1ccc(-c2ccc(N3c4ccccc4-c4ccccc4-c4ccccc43)cc2)cc1. The van der Waals surface area contributed by atoms with Crippen LogP contribution in [0.2, 0.25) is 0 Å². The zero-order chi connectivity index (χ0) is 21.5. The van der Waals surface area contributed by atoms with Gasteiger partial charge in [-0.25, -0.2) is 0 Å². The summed E-state index contributed by atoms with van der Waals surface area (Å²) in [5, 5.41) is 0. The van der Waals surface area contributed by atoms with Crippen molar-refractivity contribution in [2.45, 2.75) is 0 Å². The fourth-order valence-corrected chi connectivity index (χ4v) is 4.86. The Hall–Kier alpha value is -3.62. The van der Waals surface area contributed by atoms with Gasteiger partial charge >= 0.3 is 0 Å². The molecule has 0 N–H and O–H groups in total. The van der Waals surface area contributed by atoms with Crippen LogP contribution in [0.15, 0.2) is 126 Å². The van der Waals surface area contributed by atoms with Crippen LogP contribution in [0.25, 0.3) is 33.4 Å². The van der Waals surface area contributed by atoms with Crippen molar-refractivity contribution in [3.63, 3.8) is 0 Å². The molecular weight excluding hydrogens is 454 g/mol. The van der Waals surface area contributed by atoms with E-state index >= 15 is 0 Å². The molecular formula is C30H20BrN. The maximum Gasteiger partial charge on any atom is 0.0540 e. The number of fused-ring (bicyclic) bond motifs is 5. The van der Waals surface area contributed by atoms with Crippen molar-refractivity contribution in [3.8, 4) is 33.4 Å².